The molecule has 0 saturated heterocycles. The molecular weight excluding hydrogens is 292 g/mol. The molecule has 0 saturated carbocycles. The zero-order valence-corrected chi connectivity index (χ0v) is 12.4. The number of nitrogens with zero attached hydrogens (tertiary/aromatic N) is 3. The van der Waals surface area contributed by atoms with Crippen LogP contribution >= 0.6 is 15.9 Å². The van der Waals surface area contributed by atoms with Gasteiger partial charge in [-0.25, -0.2) is 0 Å². The first kappa shape index (κ1) is 13.2. The van der Waals surface area contributed by atoms with Crippen LogP contribution in [0, 0.1) is 6.92 Å². The van der Waals surface area contributed by atoms with E-state index in [2.05, 4.69) is 63.5 Å². The molecular formula is C13H17BrN4. The van der Waals surface area contributed by atoms with Crippen molar-refractivity contribution in [2.45, 2.75) is 26.4 Å². The zero-order chi connectivity index (χ0) is 13.1. The molecule has 1 N–H and O–H groups in total. The standard InChI is InChI=1S/C13H17BrN4/c1-9-6-11(4-5-12(9)14)7-15-10(2)13-17-16-8-18(13)3/h4-6,8,10,15H,7H2,1-3H3. The van der Waals surface area contributed by atoms with Crippen molar-refractivity contribution in [2.75, 3.05) is 0 Å². The molecule has 0 aliphatic rings. The van der Waals surface area contributed by atoms with Crippen LogP contribution in [-0.2, 0) is 13.6 Å². The van der Waals surface area contributed by atoms with Crippen molar-refractivity contribution in [3.05, 3.63) is 46.0 Å². The summed E-state index contributed by atoms with van der Waals surface area (Å²) in [4.78, 5) is 0. The molecule has 0 amide bonds. The highest BCUT2D eigenvalue weighted by molar-refractivity contribution is 9.10. The largest absolute Gasteiger partial charge is 0.319 e. The second kappa shape index (κ2) is 5.63. The fraction of sp³-hybridized carbons (Fsp3) is 0.385. The van der Waals surface area contributed by atoms with E-state index >= 15 is 0 Å². The Labute approximate surface area is 116 Å². The average molecular weight is 309 g/mol. The van der Waals surface area contributed by atoms with E-state index in [4.69, 9.17) is 0 Å². The van der Waals surface area contributed by atoms with Gasteiger partial charge in [0, 0.05) is 18.1 Å². The lowest BCUT2D eigenvalue weighted by atomic mass is 10.1. The molecule has 2 rings (SSSR count). The van der Waals surface area contributed by atoms with Crippen LogP contribution < -0.4 is 5.32 Å². The van der Waals surface area contributed by atoms with Gasteiger partial charge in [-0.15, -0.1) is 10.2 Å². The Morgan fingerprint density at radius 2 is 2.22 bits per heavy atom. The number of aromatic nitrogens is 3. The van der Waals surface area contributed by atoms with E-state index in [1.165, 1.54) is 11.1 Å². The second-order valence-corrected chi connectivity index (χ2v) is 5.34. The number of aryl methyl sites for hydroxylation is 2. The van der Waals surface area contributed by atoms with E-state index in [0.29, 0.717) is 0 Å². The van der Waals surface area contributed by atoms with E-state index in [0.717, 1.165) is 16.8 Å². The molecule has 5 heteroatoms. The molecule has 0 bridgehead atoms. The highest BCUT2D eigenvalue weighted by Gasteiger charge is 2.10. The number of nitrogens with one attached hydrogen (secondary N) is 1. The maximum Gasteiger partial charge on any atom is 0.149 e. The Morgan fingerprint density at radius 3 is 2.83 bits per heavy atom. The first-order chi connectivity index (χ1) is 8.58. The fourth-order valence-electron chi connectivity index (χ4n) is 1.86. The molecule has 0 aliphatic carbocycles. The summed E-state index contributed by atoms with van der Waals surface area (Å²) < 4.78 is 3.08. The van der Waals surface area contributed by atoms with Gasteiger partial charge in [-0.1, -0.05) is 28.1 Å². The maximum absolute atomic E-state index is 4.10. The summed E-state index contributed by atoms with van der Waals surface area (Å²) in [7, 11) is 1.96. The number of benzene rings is 1. The van der Waals surface area contributed by atoms with Crippen LogP contribution in [0.2, 0.25) is 0 Å². The summed E-state index contributed by atoms with van der Waals surface area (Å²) in [6.07, 6.45) is 1.72. The molecule has 2 aromatic rings. The molecule has 4 nitrogen and oxygen atoms in total. The van der Waals surface area contributed by atoms with Crippen LogP contribution in [0.3, 0.4) is 0 Å². The molecule has 1 aromatic heterocycles. The first-order valence-corrected chi connectivity index (χ1v) is 6.69. The predicted molar refractivity (Wildman–Crippen MR) is 75.1 cm³/mol. The minimum atomic E-state index is 0.182. The molecule has 1 aromatic carbocycles. The third-order valence-corrected chi connectivity index (χ3v) is 3.86. The van der Waals surface area contributed by atoms with Crippen molar-refractivity contribution >= 4 is 15.9 Å². The molecule has 0 radical (unpaired) electrons. The quantitative estimate of drug-likeness (QED) is 0.944. The molecule has 1 atom stereocenters. The Balaban J connectivity index is 1.99. The fourth-order valence-corrected chi connectivity index (χ4v) is 2.11. The summed E-state index contributed by atoms with van der Waals surface area (Å²) >= 11 is 3.51. The summed E-state index contributed by atoms with van der Waals surface area (Å²) in [5, 5.41) is 11.4. The van der Waals surface area contributed by atoms with Gasteiger partial charge >= 0.3 is 0 Å². The smallest absolute Gasteiger partial charge is 0.149 e. The number of rotatable bonds is 4. The predicted octanol–water partition coefficient (Wildman–Crippen LogP) is 2.74. The monoisotopic (exact) mass is 308 g/mol. The van der Waals surface area contributed by atoms with E-state index in [-0.39, 0.29) is 6.04 Å². The van der Waals surface area contributed by atoms with Gasteiger partial charge in [0.25, 0.3) is 0 Å². The summed E-state index contributed by atoms with van der Waals surface area (Å²) in [6, 6.07) is 6.56. The Bertz CT molecular complexity index is 536. The normalized spacial score (nSPS) is 12.7. The molecule has 1 unspecified atom stereocenters. The van der Waals surface area contributed by atoms with Gasteiger partial charge < -0.3 is 9.88 Å². The third kappa shape index (κ3) is 2.97. The Kier molecular flexibility index (Phi) is 4.14. The van der Waals surface area contributed by atoms with Crippen LogP contribution in [0.1, 0.15) is 29.9 Å². The molecule has 18 heavy (non-hydrogen) atoms. The number of hydrogen-bond acceptors (Lipinski definition) is 3. The highest BCUT2D eigenvalue weighted by Crippen LogP contribution is 2.17. The van der Waals surface area contributed by atoms with Crippen molar-refractivity contribution in [1.29, 1.82) is 0 Å². The van der Waals surface area contributed by atoms with Gasteiger partial charge in [0.2, 0.25) is 0 Å². The molecule has 1 heterocycles. The van der Waals surface area contributed by atoms with E-state index in [9.17, 15) is 0 Å². The summed E-state index contributed by atoms with van der Waals surface area (Å²) in [5.74, 6) is 0.948. The molecule has 0 spiro atoms. The van der Waals surface area contributed by atoms with Crippen LogP contribution in [0.25, 0.3) is 0 Å². The van der Waals surface area contributed by atoms with Crippen molar-refractivity contribution in [3.63, 3.8) is 0 Å². The zero-order valence-electron chi connectivity index (χ0n) is 10.8. The van der Waals surface area contributed by atoms with E-state index < -0.39 is 0 Å². The minimum absolute atomic E-state index is 0.182. The lowest BCUT2D eigenvalue weighted by Crippen LogP contribution is -2.21. The minimum Gasteiger partial charge on any atom is -0.319 e. The van der Waals surface area contributed by atoms with Crippen molar-refractivity contribution in [2.24, 2.45) is 7.05 Å². The van der Waals surface area contributed by atoms with Crippen LogP contribution in [0.5, 0.6) is 0 Å². The number of hydrogen-bond donors (Lipinski definition) is 1. The number of halogens is 1. The van der Waals surface area contributed by atoms with Crippen LogP contribution in [0.15, 0.2) is 29.0 Å². The lowest BCUT2D eigenvalue weighted by molar-refractivity contribution is 0.528. The lowest BCUT2D eigenvalue weighted by Gasteiger charge is -2.13. The van der Waals surface area contributed by atoms with Gasteiger partial charge in [-0.05, 0) is 31.0 Å². The Hall–Kier alpha value is -1.20. The van der Waals surface area contributed by atoms with Crippen molar-refractivity contribution in [3.8, 4) is 0 Å². The molecule has 0 fully saturated rings. The second-order valence-electron chi connectivity index (χ2n) is 4.49. The SMILES string of the molecule is Cc1cc(CNC(C)c2nncn2C)ccc1Br. The van der Waals surface area contributed by atoms with E-state index in [1.807, 2.05) is 11.6 Å². The van der Waals surface area contributed by atoms with Crippen molar-refractivity contribution in [1.82, 2.24) is 20.1 Å². The van der Waals surface area contributed by atoms with Gasteiger partial charge in [0.05, 0.1) is 6.04 Å². The van der Waals surface area contributed by atoms with E-state index in [1.54, 1.807) is 6.33 Å². The average Bonchev–Trinajstić information content (AvgIpc) is 2.77. The maximum atomic E-state index is 4.10. The Morgan fingerprint density at radius 1 is 1.44 bits per heavy atom. The molecule has 96 valence electrons. The van der Waals surface area contributed by atoms with Gasteiger partial charge in [0.15, 0.2) is 0 Å². The van der Waals surface area contributed by atoms with Crippen LogP contribution in [0.4, 0.5) is 0 Å². The summed E-state index contributed by atoms with van der Waals surface area (Å²) in [5.41, 5.74) is 2.52. The van der Waals surface area contributed by atoms with Gasteiger partial charge in [-0.2, -0.15) is 0 Å². The van der Waals surface area contributed by atoms with Crippen LogP contribution in [-0.4, -0.2) is 14.8 Å². The van der Waals surface area contributed by atoms with Crippen molar-refractivity contribution < 1.29 is 0 Å². The van der Waals surface area contributed by atoms with Gasteiger partial charge in [0.1, 0.15) is 12.2 Å². The first-order valence-electron chi connectivity index (χ1n) is 5.90. The topological polar surface area (TPSA) is 42.7 Å². The van der Waals surface area contributed by atoms with Gasteiger partial charge in [-0.3, -0.25) is 0 Å². The molecule has 0 aliphatic heterocycles. The highest BCUT2D eigenvalue weighted by atomic mass is 79.9. The third-order valence-electron chi connectivity index (χ3n) is 2.97. The summed E-state index contributed by atoms with van der Waals surface area (Å²) in [6.45, 7) is 5.01.